The summed E-state index contributed by atoms with van der Waals surface area (Å²) in [7, 11) is 0. The van der Waals surface area contributed by atoms with Gasteiger partial charge in [0.25, 0.3) is 0 Å². The minimum atomic E-state index is -0.261. The topological polar surface area (TPSA) is 17.1 Å². The molecule has 0 aromatic carbocycles. The molecular weight excluding hydrogens is 167 g/mol. The Kier molecular flexibility index (Phi) is 7.56. The lowest BCUT2D eigenvalue weighted by molar-refractivity contribution is -0.114. The number of ketones is 1. The molecule has 0 aliphatic rings. The van der Waals surface area contributed by atoms with Gasteiger partial charge in [-0.3, -0.25) is 4.79 Å². The Morgan fingerprint density at radius 1 is 1.15 bits per heavy atom. The summed E-state index contributed by atoms with van der Waals surface area (Å²) in [4.78, 5) is 11.1. The van der Waals surface area contributed by atoms with E-state index in [1.807, 2.05) is 13.8 Å². The van der Waals surface area contributed by atoms with E-state index in [9.17, 15) is 9.18 Å². The molecule has 2 heteroatoms. The molecule has 0 rings (SSSR count). The lowest BCUT2D eigenvalue weighted by Gasteiger charge is -1.95. The molecule has 0 saturated carbocycles. The van der Waals surface area contributed by atoms with Crippen molar-refractivity contribution >= 4 is 5.78 Å². The van der Waals surface area contributed by atoms with Crippen molar-refractivity contribution < 1.29 is 9.18 Å². The van der Waals surface area contributed by atoms with Crippen LogP contribution in [0.25, 0.3) is 0 Å². The summed E-state index contributed by atoms with van der Waals surface area (Å²) in [6.07, 6.45) is 5.68. The summed E-state index contributed by atoms with van der Waals surface area (Å²) < 4.78 is 12.9. The number of hydrogen-bond donors (Lipinski definition) is 0. The fourth-order valence-electron chi connectivity index (χ4n) is 1.02. The van der Waals surface area contributed by atoms with Crippen LogP contribution in [0.3, 0.4) is 0 Å². The zero-order valence-electron chi connectivity index (χ0n) is 8.61. The largest absolute Gasteiger partial charge is 0.295 e. The van der Waals surface area contributed by atoms with Crippen LogP contribution in [-0.2, 0) is 4.79 Å². The van der Waals surface area contributed by atoms with Crippen molar-refractivity contribution in [2.45, 2.75) is 52.4 Å². The Morgan fingerprint density at radius 3 is 2.23 bits per heavy atom. The number of carbonyl (C=O) groups excluding carboxylic acids is 1. The molecule has 76 valence electrons. The van der Waals surface area contributed by atoms with E-state index in [-0.39, 0.29) is 11.6 Å². The highest BCUT2D eigenvalue weighted by Gasteiger charge is 2.00. The summed E-state index contributed by atoms with van der Waals surface area (Å²) >= 11 is 0. The van der Waals surface area contributed by atoms with Gasteiger partial charge in [0.2, 0.25) is 0 Å². The smallest absolute Gasteiger partial charge is 0.158 e. The minimum absolute atomic E-state index is 0.0737. The van der Waals surface area contributed by atoms with E-state index in [1.54, 1.807) is 0 Å². The van der Waals surface area contributed by atoms with Crippen LogP contribution in [0.15, 0.2) is 11.9 Å². The van der Waals surface area contributed by atoms with Gasteiger partial charge in [0.05, 0.1) is 0 Å². The molecular formula is C11H19FO. The van der Waals surface area contributed by atoms with E-state index in [0.29, 0.717) is 12.8 Å². The van der Waals surface area contributed by atoms with Gasteiger partial charge in [0.1, 0.15) is 5.83 Å². The Morgan fingerprint density at radius 2 is 1.69 bits per heavy atom. The number of hydrogen-bond acceptors (Lipinski definition) is 1. The highest BCUT2D eigenvalue weighted by atomic mass is 19.1. The molecule has 0 unspecified atom stereocenters. The van der Waals surface area contributed by atoms with Crippen molar-refractivity contribution in [1.82, 2.24) is 0 Å². The van der Waals surface area contributed by atoms with Crippen LogP contribution in [-0.4, -0.2) is 5.78 Å². The molecule has 1 nitrogen and oxygen atoms in total. The van der Waals surface area contributed by atoms with Crippen molar-refractivity contribution in [1.29, 1.82) is 0 Å². The third kappa shape index (κ3) is 7.69. The van der Waals surface area contributed by atoms with Gasteiger partial charge in [-0.05, 0) is 19.3 Å². The first-order valence-corrected chi connectivity index (χ1v) is 5.09. The van der Waals surface area contributed by atoms with Crippen LogP contribution in [0.5, 0.6) is 0 Å². The monoisotopic (exact) mass is 186 g/mol. The second-order valence-corrected chi connectivity index (χ2v) is 3.26. The first kappa shape index (κ1) is 12.3. The molecule has 0 amide bonds. The van der Waals surface area contributed by atoms with Gasteiger partial charge >= 0.3 is 0 Å². The molecule has 0 aromatic rings. The number of allylic oxidation sites excluding steroid dienone is 2. The van der Waals surface area contributed by atoms with Gasteiger partial charge in [-0.2, -0.15) is 0 Å². The van der Waals surface area contributed by atoms with Gasteiger partial charge in [0.15, 0.2) is 5.78 Å². The summed E-state index contributed by atoms with van der Waals surface area (Å²) in [6, 6.07) is 0. The highest BCUT2D eigenvalue weighted by Crippen LogP contribution is 2.09. The second kappa shape index (κ2) is 7.96. The van der Waals surface area contributed by atoms with Crippen molar-refractivity contribution in [3.05, 3.63) is 11.9 Å². The SMILES string of the molecule is CCCCC(=O)C=C(F)CCCC. The standard InChI is InChI=1S/C11H19FO/c1-3-5-7-10(12)9-11(13)8-6-4-2/h9H,3-8H2,1-2H3. The molecule has 0 atom stereocenters. The lowest BCUT2D eigenvalue weighted by atomic mass is 10.1. The molecule has 0 spiro atoms. The lowest BCUT2D eigenvalue weighted by Crippen LogP contribution is -1.93. The molecule has 13 heavy (non-hydrogen) atoms. The molecule has 0 bridgehead atoms. The summed E-state index contributed by atoms with van der Waals surface area (Å²) in [5.41, 5.74) is 0. The maximum Gasteiger partial charge on any atom is 0.158 e. The van der Waals surface area contributed by atoms with Crippen LogP contribution < -0.4 is 0 Å². The van der Waals surface area contributed by atoms with Crippen LogP contribution in [0.4, 0.5) is 4.39 Å². The van der Waals surface area contributed by atoms with Crippen molar-refractivity contribution in [3.8, 4) is 0 Å². The number of carbonyl (C=O) groups is 1. The Bertz CT molecular complexity index is 173. The van der Waals surface area contributed by atoms with Crippen molar-refractivity contribution in [2.75, 3.05) is 0 Å². The number of unbranched alkanes of at least 4 members (excludes halogenated alkanes) is 2. The van der Waals surface area contributed by atoms with Crippen LogP contribution >= 0.6 is 0 Å². The predicted octanol–water partition coefficient (Wildman–Crippen LogP) is 3.79. The minimum Gasteiger partial charge on any atom is -0.295 e. The van der Waals surface area contributed by atoms with E-state index in [1.165, 1.54) is 0 Å². The first-order valence-electron chi connectivity index (χ1n) is 5.09. The third-order valence-electron chi connectivity index (χ3n) is 1.86. The molecule has 0 fully saturated rings. The van der Waals surface area contributed by atoms with Gasteiger partial charge < -0.3 is 0 Å². The normalized spacial score (nSPS) is 11.8. The summed E-state index contributed by atoms with van der Waals surface area (Å²) in [5, 5.41) is 0. The quantitative estimate of drug-likeness (QED) is 0.553. The van der Waals surface area contributed by atoms with Gasteiger partial charge in [-0.15, -0.1) is 0 Å². The van der Waals surface area contributed by atoms with Crippen LogP contribution in [0.1, 0.15) is 52.4 Å². The van der Waals surface area contributed by atoms with E-state index in [2.05, 4.69) is 0 Å². The molecule has 0 saturated heterocycles. The van der Waals surface area contributed by atoms with Crippen LogP contribution in [0.2, 0.25) is 0 Å². The average Bonchev–Trinajstić information content (AvgIpc) is 2.11. The first-order chi connectivity index (χ1) is 6.20. The third-order valence-corrected chi connectivity index (χ3v) is 1.86. The second-order valence-electron chi connectivity index (χ2n) is 3.26. The highest BCUT2D eigenvalue weighted by molar-refractivity contribution is 5.89. The zero-order chi connectivity index (χ0) is 10.1. The molecule has 0 heterocycles. The fraction of sp³-hybridized carbons (Fsp3) is 0.727. The maximum atomic E-state index is 12.9. The van der Waals surface area contributed by atoms with Crippen LogP contribution in [0, 0.1) is 0 Å². The van der Waals surface area contributed by atoms with Crippen molar-refractivity contribution in [3.63, 3.8) is 0 Å². The Hall–Kier alpha value is -0.660. The Balaban J connectivity index is 3.70. The Labute approximate surface area is 80.0 Å². The fourth-order valence-corrected chi connectivity index (χ4v) is 1.02. The predicted molar refractivity (Wildman–Crippen MR) is 53.2 cm³/mol. The number of halogens is 1. The molecule has 0 aromatic heterocycles. The number of rotatable bonds is 7. The molecule has 0 radical (unpaired) electrons. The van der Waals surface area contributed by atoms with E-state index in [4.69, 9.17) is 0 Å². The van der Waals surface area contributed by atoms with E-state index in [0.717, 1.165) is 31.8 Å². The average molecular weight is 186 g/mol. The molecule has 0 N–H and O–H groups in total. The molecule has 0 aliphatic heterocycles. The van der Waals surface area contributed by atoms with Gasteiger partial charge in [-0.25, -0.2) is 4.39 Å². The maximum absolute atomic E-state index is 12.9. The summed E-state index contributed by atoms with van der Waals surface area (Å²) in [5.74, 6) is -0.335. The van der Waals surface area contributed by atoms with Gasteiger partial charge in [0, 0.05) is 12.5 Å². The summed E-state index contributed by atoms with van der Waals surface area (Å²) in [6.45, 7) is 4.02. The molecule has 0 aliphatic carbocycles. The van der Waals surface area contributed by atoms with E-state index >= 15 is 0 Å². The zero-order valence-corrected chi connectivity index (χ0v) is 8.61. The van der Waals surface area contributed by atoms with E-state index < -0.39 is 0 Å². The van der Waals surface area contributed by atoms with Gasteiger partial charge in [-0.1, -0.05) is 26.7 Å². The van der Waals surface area contributed by atoms with Crippen molar-refractivity contribution in [2.24, 2.45) is 0 Å².